The van der Waals surface area contributed by atoms with E-state index in [9.17, 15) is 4.79 Å². The average Bonchev–Trinajstić information content (AvgIpc) is 2.27. The molecule has 0 aliphatic rings. The lowest BCUT2D eigenvalue weighted by molar-refractivity contribution is -0.118. The fourth-order valence-electron chi connectivity index (χ4n) is 1.56. The summed E-state index contributed by atoms with van der Waals surface area (Å²) in [5, 5.41) is -0.290. The molecule has 2 nitrogen and oxygen atoms in total. The van der Waals surface area contributed by atoms with Crippen molar-refractivity contribution < 1.29 is 4.79 Å². The van der Waals surface area contributed by atoms with Crippen molar-refractivity contribution in [3.05, 3.63) is 30.3 Å². The van der Waals surface area contributed by atoms with Gasteiger partial charge in [-0.05, 0) is 44.5 Å². The number of carbonyl (C=O) groups is 1. The van der Waals surface area contributed by atoms with Gasteiger partial charge in [0.25, 0.3) is 0 Å². The summed E-state index contributed by atoms with van der Waals surface area (Å²) in [4.78, 5) is 13.4. The van der Waals surface area contributed by atoms with Crippen LogP contribution in [-0.4, -0.2) is 18.3 Å². The second-order valence-corrected chi connectivity index (χ2v) is 4.85. The Morgan fingerprint density at radius 3 is 2.31 bits per heavy atom. The number of carbonyl (C=O) groups excluding carboxylic acids is 1. The molecule has 0 unspecified atom stereocenters. The monoisotopic (exact) mass is 239 g/mol. The highest BCUT2D eigenvalue weighted by molar-refractivity contribution is 6.64. The van der Waals surface area contributed by atoms with E-state index in [0.29, 0.717) is 6.54 Å². The van der Waals surface area contributed by atoms with E-state index in [4.69, 9.17) is 11.6 Å². The highest BCUT2D eigenvalue weighted by Gasteiger charge is 2.28. The lowest BCUT2D eigenvalue weighted by Gasteiger charge is -2.31. The number of hydrogen-bond acceptors (Lipinski definition) is 2. The molecule has 0 atom stereocenters. The molecule has 0 aromatic heterocycles. The molecule has 0 fully saturated rings. The van der Waals surface area contributed by atoms with E-state index in [2.05, 4.69) is 11.8 Å². The van der Waals surface area contributed by atoms with Crippen LogP contribution in [0, 0.1) is 5.41 Å². The highest BCUT2D eigenvalue weighted by atomic mass is 35.5. The average molecular weight is 240 g/mol. The van der Waals surface area contributed by atoms with Crippen LogP contribution in [0.4, 0.5) is 5.69 Å². The van der Waals surface area contributed by atoms with Crippen molar-refractivity contribution in [3.63, 3.8) is 0 Å². The molecule has 0 spiro atoms. The summed E-state index contributed by atoms with van der Waals surface area (Å²) in [5.41, 5.74) is 0.601. The van der Waals surface area contributed by atoms with Crippen LogP contribution in [-0.2, 0) is 4.79 Å². The van der Waals surface area contributed by atoms with Gasteiger partial charge in [-0.2, -0.15) is 0 Å². The molecule has 0 heterocycles. The van der Waals surface area contributed by atoms with Crippen LogP contribution in [0.5, 0.6) is 0 Å². The molecular weight excluding hydrogens is 222 g/mol. The summed E-state index contributed by atoms with van der Waals surface area (Å²) in [6.07, 6.45) is 0. The highest BCUT2D eigenvalue weighted by Crippen LogP contribution is 2.24. The summed E-state index contributed by atoms with van der Waals surface area (Å²) in [6.45, 7) is 7.30. The van der Waals surface area contributed by atoms with Gasteiger partial charge in [-0.25, -0.2) is 0 Å². The van der Waals surface area contributed by atoms with Crippen LogP contribution in [0.15, 0.2) is 30.3 Å². The smallest absolute Gasteiger partial charge is 0.229 e. The van der Waals surface area contributed by atoms with Crippen LogP contribution in [0.3, 0.4) is 0 Å². The number of para-hydroxylation sites is 1. The summed E-state index contributed by atoms with van der Waals surface area (Å²) >= 11 is 5.59. The Hall–Kier alpha value is -1.02. The molecule has 1 aromatic carbocycles. The molecule has 0 aliphatic heterocycles. The quantitative estimate of drug-likeness (QED) is 0.735. The van der Waals surface area contributed by atoms with Gasteiger partial charge in [0, 0.05) is 18.8 Å². The Labute approximate surface area is 102 Å². The van der Waals surface area contributed by atoms with Gasteiger partial charge in [-0.3, -0.25) is 4.79 Å². The largest absolute Gasteiger partial charge is 0.371 e. The van der Waals surface area contributed by atoms with E-state index in [1.165, 1.54) is 0 Å². The molecule has 0 amide bonds. The van der Waals surface area contributed by atoms with E-state index < -0.39 is 5.41 Å². The van der Waals surface area contributed by atoms with Gasteiger partial charge in [0.15, 0.2) is 0 Å². The van der Waals surface area contributed by atoms with Crippen molar-refractivity contribution in [2.75, 3.05) is 18.0 Å². The second kappa shape index (κ2) is 5.35. The first-order chi connectivity index (χ1) is 7.47. The van der Waals surface area contributed by atoms with Gasteiger partial charge in [-0.1, -0.05) is 18.2 Å². The third-order valence-electron chi connectivity index (χ3n) is 2.62. The van der Waals surface area contributed by atoms with Gasteiger partial charge in [0.2, 0.25) is 5.24 Å². The van der Waals surface area contributed by atoms with Crippen molar-refractivity contribution in [2.45, 2.75) is 20.8 Å². The lowest BCUT2D eigenvalue weighted by atomic mass is 9.94. The minimum atomic E-state index is -0.520. The molecule has 0 N–H and O–H groups in total. The van der Waals surface area contributed by atoms with E-state index in [0.717, 1.165) is 12.2 Å². The number of hydrogen-bond donors (Lipinski definition) is 0. The molecule has 88 valence electrons. The van der Waals surface area contributed by atoms with Crippen molar-refractivity contribution in [1.82, 2.24) is 0 Å². The fourth-order valence-corrected chi connectivity index (χ4v) is 1.62. The zero-order valence-corrected chi connectivity index (χ0v) is 10.8. The first kappa shape index (κ1) is 13.0. The number of rotatable bonds is 5. The van der Waals surface area contributed by atoms with E-state index in [-0.39, 0.29) is 5.24 Å². The summed E-state index contributed by atoms with van der Waals surface area (Å²) in [6, 6.07) is 10.0. The van der Waals surface area contributed by atoms with E-state index >= 15 is 0 Å². The minimum Gasteiger partial charge on any atom is -0.371 e. The van der Waals surface area contributed by atoms with Crippen molar-refractivity contribution in [3.8, 4) is 0 Å². The minimum absolute atomic E-state index is 0.290. The van der Waals surface area contributed by atoms with Crippen molar-refractivity contribution in [2.24, 2.45) is 5.41 Å². The van der Waals surface area contributed by atoms with Crippen molar-refractivity contribution >= 4 is 22.5 Å². The first-order valence-electron chi connectivity index (χ1n) is 5.47. The second-order valence-electron chi connectivity index (χ2n) is 4.51. The van der Waals surface area contributed by atoms with Gasteiger partial charge in [0.1, 0.15) is 0 Å². The molecule has 0 radical (unpaired) electrons. The predicted molar refractivity (Wildman–Crippen MR) is 69.0 cm³/mol. The molecule has 1 rings (SSSR count). The molecule has 16 heavy (non-hydrogen) atoms. The third-order valence-corrected chi connectivity index (χ3v) is 3.13. The number of anilines is 1. The Balaban J connectivity index is 2.81. The van der Waals surface area contributed by atoms with Gasteiger partial charge in [0.05, 0.1) is 5.41 Å². The first-order valence-corrected chi connectivity index (χ1v) is 5.85. The summed E-state index contributed by atoms with van der Waals surface area (Å²) < 4.78 is 0. The topological polar surface area (TPSA) is 20.3 Å². The summed E-state index contributed by atoms with van der Waals surface area (Å²) in [7, 11) is 0. The maximum Gasteiger partial charge on any atom is 0.229 e. The van der Waals surface area contributed by atoms with Crippen LogP contribution in [0.25, 0.3) is 0 Å². The molecule has 0 aliphatic carbocycles. The molecule has 1 aromatic rings. The standard InChI is InChI=1S/C13H18ClNO/c1-4-15(10-13(2,3)12(14)16)11-8-6-5-7-9-11/h5-9H,4,10H2,1-3H3. The maximum absolute atomic E-state index is 11.3. The SMILES string of the molecule is CCN(CC(C)(C)C(=O)Cl)c1ccccc1. The van der Waals surface area contributed by atoms with E-state index in [1.54, 1.807) is 0 Å². The number of nitrogens with zero attached hydrogens (tertiary/aromatic N) is 1. The molecule has 3 heteroatoms. The predicted octanol–water partition coefficient (Wildman–Crippen LogP) is 3.30. The zero-order valence-electron chi connectivity index (χ0n) is 10.0. The Morgan fingerprint density at radius 2 is 1.88 bits per heavy atom. The number of benzene rings is 1. The number of halogens is 1. The molecule has 0 saturated carbocycles. The molecule has 0 bridgehead atoms. The van der Waals surface area contributed by atoms with Crippen LogP contribution >= 0.6 is 11.6 Å². The van der Waals surface area contributed by atoms with Gasteiger partial charge in [-0.15, -0.1) is 0 Å². The van der Waals surface area contributed by atoms with Crippen LogP contribution in [0.1, 0.15) is 20.8 Å². The van der Waals surface area contributed by atoms with Gasteiger partial charge < -0.3 is 4.90 Å². The fraction of sp³-hybridized carbons (Fsp3) is 0.462. The van der Waals surface area contributed by atoms with Crippen molar-refractivity contribution in [1.29, 1.82) is 0 Å². The normalized spacial score (nSPS) is 11.2. The van der Waals surface area contributed by atoms with Gasteiger partial charge >= 0.3 is 0 Å². The third kappa shape index (κ3) is 3.24. The molecular formula is C13H18ClNO. The van der Waals surface area contributed by atoms with Crippen LogP contribution in [0.2, 0.25) is 0 Å². The Morgan fingerprint density at radius 1 is 1.31 bits per heavy atom. The lowest BCUT2D eigenvalue weighted by Crippen LogP contribution is -2.37. The van der Waals surface area contributed by atoms with E-state index in [1.807, 2.05) is 44.2 Å². The molecule has 0 saturated heterocycles. The summed E-state index contributed by atoms with van der Waals surface area (Å²) in [5.74, 6) is 0. The van der Waals surface area contributed by atoms with Crippen LogP contribution < -0.4 is 4.90 Å². The maximum atomic E-state index is 11.3. The Bertz CT molecular complexity index is 348. The zero-order chi connectivity index (χ0) is 12.2. The Kier molecular flexibility index (Phi) is 4.36.